The minimum absolute atomic E-state index is 0. The van der Waals surface area contributed by atoms with Crippen LogP contribution in [-0.2, 0) is 20.1 Å². The Kier molecular flexibility index (Phi) is 27.5. The van der Waals surface area contributed by atoms with Crippen LogP contribution in [0.15, 0.2) is 510 Å². The first kappa shape index (κ1) is 86.3. The third kappa shape index (κ3) is 19.8. The number of rotatable bonds is 16. The number of benzene rings is 18. The zero-order valence-electron chi connectivity index (χ0n) is 72.0. The van der Waals surface area contributed by atoms with Gasteiger partial charge in [0.05, 0.1) is 22.4 Å². The molecule has 0 saturated heterocycles. The number of fused-ring (bicyclic) bond motifs is 6. The molecule has 630 valence electrons. The quantitative estimate of drug-likeness (QED) is 0.0692. The molecule has 23 aromatic rings. The molecule has 0 atom stereocenters. The summed E-state index contributed by atoms with van der Waals surface area (Å²) in [5.41, 5.74) is 25.1. The second-order valence-corrected chi connectivity index (χ2v) is 31.3. The monoisotopic (exact) mass is 1890 g/mol. The summed E-state index contributed by atoms with van der Waals surface area (Å²) in [6.07, 6.45) is 5.41. The molecule has 12 heteroatoms. The number of anilines is 6. The van der Waals surface area contributed by atoms with Crippen LogP contribution >= 0.6 is 0 Å². The van der Waals surface area contributed by atoms with Gasteiger partial charge in [-0.05, 0) is 152 Å². The Morgan fingerprint density at radius 1 is 0.265 bits per heavy atom. The van der Waals surface area contributed by atoms with Crippen molar-refractivity contribution in [2.75, 3.05) is 9.80 Å². The molecule has 0 amide bonds. The summed E-state index contributed by atoms with van der Waals surface area (Å²) in [5.74, 6) is 2.71. The molecular weight excluding hydrogens is 1800 g/mol. The van der Waals surface area contributed by atoms with Crippen molar-refractivity contribution in [3.8, 4) is 101 Å². The van der Waals surface area contributed by atoms with Crippen molar-refractivity contribution in [3.63, 3.8) is 0 Å². The zero-order chi connectivity index (χ0) is 88.1. The third-order valence-electron chi connectivity index (χ3n) is 22.8. The Hall–Kier alpha value is -16.4. The van der Waals surface area contributed by atoms with E-state index in [1.807, 2.05) is 194 Å². The first-order valence-corrected chi connectivity index (χ1v) is 44.1. The molecule has 0 aliphatic rings. The van der Waals surface area contributed by atoms with Gasteiger partial charge in [0, 0.05) is 105 Å². The number of para-hydroxylation sites is 5. The average molecular weight is 1890 g/mol. The fourth-order valence-corrected chi connectivity index (χ4v) is 16.7. The largest absolute Gasteiger partial charge is 0.649 e. The standard InChI is InChI=1S/C44H32N2.C39H26N4.C17H12N.C11H8N.C9H7NO.Al.Ir.H/c1-3-17-37(18-4-1)45(43-23-11-15-35-13-7-9-21-41(35)43)39-29-25-33(26-30-39)34-27-31-40(32-28-34)46(38-19-5-2-6-20-38)44-24-12-16-36-14-8-10-22-42(36)44;1-4-13-27(14-5-1)28-23-25-29(26-24-28)32-20-12-21-34-33-19-10-11-22-35(33)43(36(32)34)39-41-37(30-15-6-2-7-16-30)40-38(42-39)31-17-8-3-9-18-31;1-3-7-14(8-4-1)16-11-12-18-17(13-16)15-9-5-2-6-10-15;1-2-6-10(7-3-1)11-8-4-5-9-12-11;11-8-5-1-3-7-4-2-6-10-9(7)8;;;/h1-32H;1-26H;1-9,11-13H;1-6,8-9H;1-6,11H;;;/q;;2*-1;;+1;;/p-1. The summed E-state index contributed by atoms with van der Waals surface area (Å²) < 4.78 is 7.39. The van der Waals surface area contributed by atoms with E-state index in [1.165, 1.54) is 71.5 Å². The minimum Gasteiger partial charge on any atom is -0.649 e. The molecule has 23 rings (SSSR count). The summed E-state index contributed by atoms with van der Waals surface area (Å²) >= 11 is 1.47. The van der Waals surface area contributed by atoms with Crippen LogP contribution in [0.25, 0.3) is 150 Å². The fraction of sp³-hybridized carbons (Fsp3) is 0. The molecule has 5 aromatic heterocycles. The molecule has 0 unspecified atom stereocenters. The second-order valence-electron chi connectivity index (χ2n) is 31.0. The van der Waals surface area contributed by atoms with Crippen LogP contribution < -0.4 is 13.6 Å². The maximum absolute atomic E-state index is 5.19. The molecule has 0 saturated carbocycles. The predicted molar refractivity (Wildman–Crippen MR) is 544 cm³/mol. The first-order chi connectivity index (χ1) is 65.0. The zero-order valence-corrected chi connectivity index (χ0v) is 75.8. The fourth-order valence-electron chi connectivity index (χ4n) is 16.5. The van der Waals surface area contributed by atoms with E-state index >= 15 is 0 Å². The number of hydrogen-bond donors (Lipinski definition) is 0. The van der Waals surface area contributed by atoms with Gasteiger partial charge >= 0.3 is 16.6 Å². The molecular formula is C120H85AlIrN9O-2. The maximum atomic E-state index is 5.19. The van der Waals surface area contributed by atoms with E-state index in [0.29, 0.717) is 17.6 Å². The summed E-state index contributed by atoms with van der Waals surface area (Å²) in [7, 11) is 0. The van der Waals surface area contributed by atoms with Crippen LogP contribution in [0.5, 0.6) is 5.75 Å². The summed E-state index contributed by atoms with van der Waals surface area (Å²) in [4.78, 5) is 32.7. The van der Waals surface area contributed by atoms with Crippen LogP contribution in [0.2, 0.25) is 0 Å². The molecule has 0 aliphatic heterocycles. The predicted octanol–water partition coefficient (Wildman–Crippen LogP) is 30.4. The van der Waals surface area contributed by atoms with Crippen LogP contribution in [-0.4, -0.2) is 51.1 Å². The normalized spacial score (nSPS) is 10.7. The third-order valence-corrected chi connectivity index (χ3v) is 23.1. The van der Waals surface area contributed by atoms with E-state index in [4.69, 9.17) is 18.7 Å². The molecule has 18 aromatic carbocycles. The minimum atomic E-state index is 0. The van der Waals surface area contributed by atoms with Crippen molar-refractivity contribution in [2.45, 2.75) is 0 Å². The van der Waals surface area contributed by atoms with Gasteiger partial charge < -0.3 is 23.6 Å². The van der Waals surface area contributed by atoms with E-state index in [9.17, 15) is 0 Å². The topological polar surface area (TPSA) is 98.0 Å². The first-order valence-electron chi connectivity index (χ1n) is 43.5. The molecule has 132 heavy (non-hydrogen) atoms. The number of nitrogens with zero attached hydrogens (tertiary/aromatic N) is 9. The molecule has 0 N–H and O–H groups in total. The Labute approximate surface area is 790 Å². The van der Waals surface area contributed by atoms with Crippen LogP contribution in [0, 0.1) is 12.1 Å². The van der Waals surface area contributed by atoms with Gasteiger partial charge in [-0.25, -0.2) is 4.98 Å². The van der Waals surface area contributed by atoms with Gasteiger partial charge in [-0.2, -0.15) is 9.97 Å². The molecule has 5 heterocycles. The SMILES string of the molecule is [AlH][O]c1cccc2cccnc12.[Ir].[c-]1ccccc1-c1cc(-c2ccccc2)ccn1.[c-]1ccccc1-c1ccccn1.c1ccc(-c2ccc(-c3cccc4c5ccccc5n(-c5nc(-c6ccccc6)nc(-c6ccccc6)n5)c34)cc2)cc1.c1ccc(N(c2ccc(-c3ccc(N(c4ccccc4)c4cccc5ccccc45)cc3)cc2)c2cccc3ccccc23)cc1. The summed E-state index contributed by atoms with van der Waals surface area (Å²) in [6.45, 7) is 0. The molecule has 0 fully saturated rings. The molecule has 0 aliphatic carbocycles. The van der Waals surface area contributed by atoms with Crippen molar-refractivity contribution in [3.05, 3.63) is 522 Å². The summed E-state index contributed by atoms with van der Waals surface area (Å²) in [6, 6.07) is 176. The Morgan fingerprint density at radius 2 is 0.659 bits per heavy atom. The molecule has 2 radical (unpaired) electrons. The van der Waals surface area contributed by atoms with Gasteiger partial charge in [-0.1, -0.05) is 352 Å². The average Bonchev–Trinajstić information content (AvgIpc) is 1.58. The number of aromatic nitrogens is 7. The van der Waals surface area contributed by atoms with E-state index in [-0.39, 0.29) is 20.1 Å². The second kappa shape index (κ2) is 42.0. The van der Waals surface area contributed by atoms with E-state index < -0.39 is 0 Å². The van der Waals surface area contributed by atoms with Gasteiger partial charge in [0.25, 0.3) is 0 Å². The van der Waals surface area contributed by atoms with Crippen molar-refractivity contribution < 1.29 is 23.9 Å². The Balaban J connectivity index is 0.000000123. The maximum Gasteiger partial charge on any atom is 0.494 e. The molecule has 0 spiro atoms. The van der Waals surface area contributed by atoms with Gasteiger partial charge in [0.15, 0.2) is 11.6 Å². The van der Waals surface area contributed by atoms with Crippen molar-refractivity contribution in [1.29, 1.82) is 0 Å². The van der Waals surface area contributed by atoms with E-state index in [0.717, 1.165) is 117 Å². The van der Waals surface area contributed by atoms with Gasteiger partial charge in [-0.3, -0.25) is 9.55 Å². The number of hydrogen-bond acceptors (Lipinski definition) is 9. The van der Waals surface area contributed by atoms with Gasteiger partial charge in [-0.15, -0.1) is 71.8 Å². The molecule has 10 nitrogen and oxygen atoms in total. The van der Waals surface area contributed by atoms with Crippen LogP contribution in [0.3, 0.4) is 0 Å². The summed E-state index contributed by atoms with van der Waals surface area (Å²) in [5, 5.41) is 8.33. The van der Waals surface area contributed by atoms with Crippen molar-refractivity contribution >= 4 is 105 Å². The van der Waals surface area contributed by atoms with Crippen LogP contribution in [0.1, 0.15) is 0 Å². The van der Waals surface area contributed by atoms with Crippen LogP contribution in [0.4, 0.5) is 34.1 Å². The Bertz CT molecular complexity index is 7390. The Morgan fingerprint density at radius 3 is 1.18 bits per heavy atom. The van der Waals surface area contributed by atoms with Gasteiger partial charge in [0.2, 0.25) is 5.95 Å². The van der Waals surface area contributed by atoms with Crippen molar-refractivity contribution in [2.24, 2.45) is 0 Å². The van der Waals surface area contributed by atoms with E-state index in [2.05, 4.69) is 345 Å². The number of pyridine rings is 3. The smallest absolute Gasteiger partial charge is 0.494 e. The van der Waals surface area contributed by atoms with Crippen molar-refractivity contribution in [1.82, 2.24) is 34.5 Å². The van der Waals surface area contributed by atoms with Gasteiger partial charge in [0.1, 0.15) is 11.3 Å². The van der Waals surface area contributed by atoms with E-state index in [1.54, 1.807) is 12.4 Å². The molecule has 0 bridgehead atoms.